The summed E-state index contributed by atoms with van der Waals surface area (Å²) in [5, 5.41) is 4.54. The Labute approximate surface area is 190 Å². The maximum absolute atomic E-state index is 12.3. The summed E-state index contributed by atoms with van der Waals surface area (Å²) in [4.78, 5) is 29.2. The van der Waals surface area contributed by atoms with E-state index < -0.39 is 12.1 Å². The van der Waals surface area contributed by atoms with E-state index in [2.05, 4.69) is 5.16 Å². The first-order chi connectivity index (χ1) is 15.1. The van der Waals surface area contributed by atoms with Gasteiger partial charge in [-0.1, -0.05) is 67.4 Å². The van der Waals surface area contributed by atoms with Crippen LogP contribution in [-0.4, -0.2) is 30.4 Å². The third-order valence-electron chi connectivity index (χ3n) is 5.21. The Kier molecular flexibility index (Phi) is 12.1. The highest BCUT2D eigenvalue weighted by Gasteiger charge is 2.18. The number of benzene rings is 1. The Morgan fingerprint density at radius 1 is 0.968 bits per heavy atom. The van der Waals surface area contributed by atoms with Crippen LogP contribution in [0.2, 0.25) is 5.02 Å². The van der Waals surface area contributed by atoms with Crippen molar-refractivity contribution in [2.24, 2.45) is 5.16 Å². The lowest BCUT2D eigenvalue weighted by molar-refractivity contribution is -0.151. The molecule has 1 aliphatic heterocycles. The topological polar surface area (TPSA) is 74.2 Å². The predicted octanol–water partition coefficient (Wildman–Crippen LogP) is 6.24. The monoisotopic (exact) mass is 451 g/mol. The Bertz CT molecular complexity index is 722. The van der Waals surface area contributed by atoms with E-state index in [9.17, 15) is 9.59 Å². The van der Waals surface area contributed by atoms with E-state index in [4.69, 9.17) is 25.9 Å². The fourth-order valence-corrected chi connectivity index (χ4v) is 3.55. The second kappa shape index (κ2) is 14.8. The van der Waals surface area contributed by atoms with Crippen LogP contribution in [0.25, 0.3) is 0 Å². The van der Waals surface area contributed by atoms with Gasteiger partial charge in [0.25, 0.3) is 0 Å². The van der Waals surface area contributed by atoms with Crippen molar-refractivity contribution in [2.75, 3.05) is 6.61 Å². The van der Waals surface area contributed by atoms with Crippen LogP contribution in [0.4, 0.5) is 0 Å². The first kappa shape index (κ1) is 25.2. The maximum Gasteiger partial charge on any atom is 0.374 e. The van der Waals surface area contributed by atoms with Crippen molar-refractivity contribution in [1.29, 1.82) is 0 Å². The smallest absolute Gasteiger partial charge is 0.374 e. The average molecular weight is 452 g/mol. The van der Waals surface area contributed by atoms with E-state index >= 15 is 0 Å². The van der Waals surface area contributed by atoms with Gasteiger partial charge in [-0.2, -0.15) is 0 Å². The predicted molar refractivity (Wildman–Crippen MR) is 121 cm³/mol. The molecule has 0 N–H and O–H groups in total. The highest BCUT2D eigenvalue weighted by Crippen LogP contribution is 2.24. The lowest BCUT2D eigenvalue weighted by atomic mass is 10.0. The van der Waals surface area contributed by atoms with Gasteiger partial charge >= 0.3 is 11.9 Å². The molecule has 0 aromatic heterocycles. The zero-order valence-electron chi connectivity index (χ0n) is 18.4. The van der Waals surface area contributed by atoms with Crippen molar-refractivity contribution in [2.45, 2.75) is 90.1 Å². The van der Waals surface area contributed by atoms with Gasteiger partial charge in [-0.15, -0.1) is 0 Å². The molecule has 1 unspecified atom stereocenters. The third-order valence-corrected chi connectivity index (χ3v) is 5.52. The highest BCUT2D eigenvalue weighted by atomic mass is 35.5. The molecule has 31 heavy (non-hydrogen) atoms. The van der Waals surface area contributed by atoms with E-state index in [1.54, 1.807) is 31.2 Å². The van der Waals surface area contributed by atoms with Gasteiger partial charge in [-0.05, 0) is 51.2 Å². The zero-order chi connectivity index (χ0) is 22.3. The lowest BCUT2D eigenvalue weighted by Crippen LogP contribution is -2.25. The molecular weight excluding hydrogens is 418 g/mol. The van der Waals surface area contributed by atoms with Crippen molar-refractivity contribution in [1.82, 2.24) is 0 Å². The lowest BCUT2D eigenvalue weighted by Gasteiger charge is -2.13. The van der Waals surface area contributed by atoms with E-state index in [0.717, 1.165) is 37.8 Å². The van der Waals surface area contributed by atoms with E-state index in [-0.39, 0.29) is 5.97 Å². The molecule has 6 nitrogen and oxygen atoms in total. The number of para-hydroxylation sites is 1. The second-order valence-corrected chi connectivity index (χ2v) is 8.32. The second-order valence-electron chi connectivity index (χ2n) is 7.91. The summed E-state index contributed by atoms with van der Waals surface area (Å²) in [5.41, 5.74) is 0.807. The average Bonchev–Trinajstić information content (AvgIpc) is 2.76. The fraction of sp³-hybridized carbons (Fsp3) is 0.625. The zero-order valence-corrected chi connectivity index (χ0v) is 19.2. The van der Waals surface area contributed by atoms with E-state index in [1.165, 1.54) is 25.7 Å². The van der Waals surface area contributed by atoms with Crippen molar-refractivity contribution in [3.63, 3.8) is 0 Å². The highest BCUT2D eigenvalue weighted by molar-refractivity contribution is 6.32. The van der Waals surface area contributed by atoms with Crippen LogP contribution in [0.3, 0.4) is 0 Å². The third kappa shape index (κ3) is 10.7. The molecule has 0 saturated carbocycles. The molecule has 0 radical (unpaired) electrons. The Balaban J connectivity index is 1.87. The van der Waals surface area contributed by atoms with Gasteiger partial charge in [0, 0.05) is 6.42 Å². The molecule has 0 bridgehead atoms. The van der Waals surface area contributed by atoms with Gasteiger partial charge in [0.05, 0.1) is 17.3 Å². The van der Waals surface area contributed by atoms with Crippen LogP contribution in [0.5, 0.6) is 5.75 Å². The summed E-state index contributed by atoms with van der Waals surface area (Å²) in [7, 11) is 0. The molecule has 0 aliphatic carbocycles. The number of hydrogen-bond acceptors (Lipinski definition) is 6. The van der Waals surface area contributed by atoms with Crippen LogP contribution < -0.4 is 4.74 Å². The molecule has 1 aromatic carbocycles. The van der Waals surface area contributed by atoms with Gasteiger partial charge in [0.15, 0.2) is 6.10 Å². The van der Waals surface area contributed by atoms with Crippen LogP contribution >= 0.6 is 11.6 Å². The SMILES string of the molecule is CC(Oc1ccccc1Cl)C(=O)O/N=C1/CCCCCCCCCCC(=O)OCCC1. The maximum atomic E-state index is 12.3. The molecule has 0 amide bonds. The number of ether oxygens (including phenoxy) is 2. The molecule has 1 atom stereocenters. The quantitative estimate of drug-likeness (QED) is 0.307. The van der Waals surface area contributed by atoms with Crippen LogP contribution in [0.1, 0.15) is 84.0 Å². The van der Waals surface area contributed by atoms with Crippen LogP contribution in [0, 0.1) is 0 Å². The van der Waals surface area contributed by atoms with Gasteiger partial charge in [-0.25, -0.2) is 4.79 Å². The number of cyclic esters (lactones) is 1. The number of halogens is 1. The molecule has 1 aromatic rings. The van der Waals surface area contributed by atoms with E-state index in [0.29, 0.717) is 36.6 Å². The Morgan fingerprint density at radius 2 is 1.58 bits per heavy atom. The summed E-state index contributed by atoms with van der Waals surface area (Å²) in [6, 6.07) is 6.96. The number of hydrogen-bond donors (Lipinski definition) is 0. The first-order valence-electron chi connectivity index (χ1n) is 11.4. The number of carbonyl (C=O) groups is 2. The number of oxime groups is 1. The molecule has 7 heteroatoms. The van der Waals surface area contributed by atoms with Crippen molar-refractivity contribution >= 4 is 29.3 Å². The molecular formula is C24H34ClNO5. The van der Waals surface area contributed by atoms with Crippen LogP contribution in [-0.2, 0) is 19.2 Å². The van der Waals surface area contributed by atoms with Crippen LogP contribution in [0.15, 0.2) is 29.4 Å². The largest absolute Gasteiger partial charge is 0.477 e. The molecule has 1 fully saturated rings. The number of esters is 1. The minimum atomic E-state index is -0.837. The molecule has 0 spiro atoms. The standard InChI is InChI=1S/C24H34ClNO5/c1-19(30-22-16-11-10-15-21(22)25)24(28)31-26-20-13-8-6-4-2-3-5-7-9-17-23(27)29-18-12-14-20/h10-11,15-16,19H,2-9,12-14,17-18H2,1H3/b26-20-. The molecule has 1 aliphatic rings. The minimum Gasteiger partial charge on any atom is -0.477 e. The Hall–Kier alpha value is -2.08. The van der Waals surface area contributed by atoms with Gasteiger partial charge in [0.1, 0.15) is 5.75 Å². The van der Waals surface area contributed by atoms with E-state index in [1.807, 2.05) is 0 Å². The summed E-state index contributed by atoms with van der Waals surface area (Å²) >= 11 is 6.07. The summed E-state index contributed by atoms with van der Waals surface area (Å²) in [5.74, 6) is -0.290. The van der Waals surface area contributed by atoms with Gasteiger partial charge < -0.3 is 14.3 Å². The summed E-state index contributed by atoms with van der Waals surface area (Å²) in [6.45, 7) is 1.96. The number of nitrogens with zero attached hydrogens (tertiary/aromatic N) is 1. The molecule has 1 saturated heterocycles. The Morgan fingerprint density at radius 3 is 2.29 bits per heavy atom. The normalized spacial score (nSPS) is 19.9. The van der Waals surface area contributed by atoms with Crippen molar-refractivity contribution < 1.29 is 23.9 Å². The molecule has 172 valence electrons. The first-order valence-corrected chi connectivity index (χ1v) is 11.8. The van der Waals surface area contributed by atoms with Crippen molar-refractivity contribution in [3.8, 4) is 5.75 Å². The van der Waals surface area contributed by atoms with Gasteiger partial charge in [0.2, 0.25) is 0 Å². The summed E-state index contributed by atoms with van der Waals surface area (Å²) < 4.78 is 10.9. The summed E-state index contributed by atoms with van der Waals surface area (Å²) in [6.07, 6.45) is 10.6. The van der Waals surface area contributed by atoms with Gasteiger partial charge in [-0.3, -0.25) is 4.79 Å². The molecule has 2 rings (SSSR count). The number of carbonyl (C=O) groups excluding carboxylic acids is 2. The number of rotatable bonds is 4. The minimum absolute atomic E-state index is 0.137. The van der Waals surface area contributed by atoms with Crippen molar-refractivity contribution in [3.05, 3.63) is 29.3 Å². The fourth-order valence-electron chi connectivity index (χ4n) is 3.37. The molecule has 1 heterocycles.